The molecule has 2 atom stereocenters. The maximum atomic E-state index is 3.70. The molecule has 16 heavy (non-hydrogen) atoms. The van der Waals surface area contributed by atoms with Crippen molar-refractivity contribution >= 4 is 0 Å². The molecule has 1 aliphatic rings. The largest absolute Gasteiger partial charge is 0.313 e. The maximum Gasteiger partial charge on any atom is 0.0237 e. The Kier molecular flexibility index (Phi) is 5.77. The molecular weight excluding hydrogens is 196 g/mol. The van der Waals surface area contributed by atoms with Gasteiger partial charge in [-0.3, -0.25) is 0 Å². The molecule has 0 radical (unpaired) electrons. The molecule has 0 heterocycles. The van der Waals surface area contributed by atoms with Gasteiger partial charge in [-0.05, 0) is 39.3 Å². The lowest BCUT2D eigenvalue weighted by Gasteiger charge is -2.32. The minimum absolute atomic E-state index is 0.656. The number of nitrogens with one attached hydrogen (secondary N) is 1. The molecule has 0 aliphatic heterocycles. The summed E-state index contributed by atoms with van der Waals surface area (Å²) in [6, 6.07) is 1.34. The molecule has 0 aromatic rings. The number of hydrogen-bond acceptors (Lipinski definition) is 2. The van der Waals surface area contributed by atoms with Crippen LogP contribution in [0, 0.1) is 11.8 Å². The summed E-state index contributed by atoms with van der Waals surface area (Å²) < 4.78 is 0. The van der Waals surface area contributed by atoms with Crippen molar-refractivity contribution in [2.75, 3.05) is 20.6 Å². The SMILES string of the molecule is CC(CC1CCC1)NCC(C(C)C)N(C)C. The highest BCUT2D eigenvalue weighted by molar-refractivity contribution is 4.78. The normalized spacial score (nSPS) is 21.2. The van der Waals surface area contributed by atoms with Crippen molar-refractivity contribution in [1.82, 2.24) is 10.2 Å². The van der Waals surface area contributed by atoms with E-state index in [2.05, 4.69) is 45.1 Å². The zero-order chi connectivity index (χ0) is 12.1. The highest BCUT2D eigenvalue weighted by Gasteiger charge is 2.21. The molecule has 2 unspecified atom stereocenters. The Morgan fingerprint density at radius 2 is 1.81 bits per heavy atom. The first kappa shape index (κ1) is 14.0. The summed E-state index contributed by atoms with van der Waals surface area (Å²) in [5.41, 5.74) is 0. The van der Waals surface area contributed by atoms with E-state index < -0.39 is 0 Å². The lowest BCUT2D eigenvalue weighted by Crippen LogP contribution is -2.44. The smallest absolute Gasteiger partial charge is 0.0237 e. The molecular formula is C14H30N2. The number of nitrogens with zero attached hydrogens (tertiary/aromatic N) is 1. The zero-order valence-electron chi connectivity index (χ0n) is 11.8. The van der Waals surface area contributed by atoms with Crippen LogP contribution < -0.4 is 5.32 Å². The predicted octanol–water partition coefficient (Wildman–Crippen LogP) is 2.74. The van der Waals surface area contributed by atoms with Crippen molar-refractivity contribution in [3.05, 3.63) is 0 Å². The Bertz CT molecular complexity index is 177. The summed E-state index contributed by atoms with van der Waals surface area (Å²) in [7, 11) is 4.37. The monoisotopic (exact) mass is 226 g/mol. The van der Waals surface area contributed by atoms with Crippen LogP contribution in [-0.2, 0) is 0 Å². The highest BCUT2D eigenvalue weighted by Crippen LogP contribution is 2.30. The highest BCUT2D eigenvalue weighted by atomic mass is 15.1. The van der Waals surface area contributed by atoms with Gasteiger partial charge in [0.25, 0.3) is 0 Å². The molecule has 0 spiro atoms. The van der Waals surface area contributed by atoms with Gasteiger partial charge in [-0.25, -0.2) is 0 Å². The minimum Gasteiger partial charge on any atom is -0.313 e. The van der Waals surface area contributed by atoms with E-state index in [0.29, 0.717) is 12.1 Å². The van der Waals surface area contributed by atoms with E-state index in [0.717, 1.165) is 18.4 Å². The maximum absolute atomic E-state index is 3.70. The van der Waals surface area contributed by atoms with E-state index in [4.69, 9.17) is 0 Å². The molecule has 1 saturated carbocycles. The second-order valence-corrected chi connectivity index (χ2v) is 6.12. The first-order valence-electron chi connectivity index (χ1n) is 6.90. The topological polar surface area (TPSA) is 15.3 Å². The van der Waals surface area contributed by atoms with Gasteiger partial charge in [-0.2, -0.15) is 0 Å². The van der Waals surface area contributed by atoms with Crippen molar-refractivity contribution in [3.63, 3.8) is 0 Å². The molecule has 1 N–H and O–H groups in total. The third-order valence-corrected chi connectivity index (χ3v) is 4.02. The molecule has 0 saturated heterocycles. The van der Waals surface area contributed by atoms with Crippen LogP contribution in [0.25, 0.3) is 0 Å². The second kappa shape index (κ2) is 6.61. The van der Waals surface area contributed by atoms with Crippen molar-refractivity contribution in [3.8, 4) is 0 Å². The van der Waals surface area contributed by atoms with Crippen LogP contribution in [0.1, 0.15) is 46.5 Å². The zero-order valence-corrected chi connectivity index (χ0v) is 11.8. The van der Waals surface area contributed by atoms with E-state index in [1.807, 2.05) is 0 Å². The minimum atomic E-state index is 0.656. The number of likely N-dealkylation sites (N-methyl/N-ethyl adjacent to an activating group) is 1. The quantitative estimate of drug-likeness (QED) is 0.718. The third kappa shape index (κ3) is 4.42. The average molecular weight is 226 g/mol. The summed E-state index contributed by atoms with van der Waals surface area (Å²) in [5.74, 6) is 1.73. The summed E-state index contributed by atoms with van der Waals surface area (Å²) in [4.78, 5) is 2.34. The van der Waals surface area contributed by atoms with Gasteiger partial charge >= 0.3 is 0 Å². The van der Waals surface area contributed by atoms with Crippen molar-refractivity contribution in [1.29, 1.82) is 0 Å². The number of rotatable bonds is 7. The molecule has 1 fully saturated rings. The van der Waals surface area contributed by atoms with Crippen LogP contribution in [0.3, 0.4) is 0 Å². The van der Waals surface area contributed by atoms with Gasteiger partial charge < -0.3 is 10.2 Å². The summed E-state index contributed by atoms with van der Waals surface area (Å²) >= 11 is 0. The van der Waals surface area contributed by atoms with Crippen LogP contribution >= 0.6 is 0 Å². The Morgan fingerprint density at radius 1 is 1.19 bits per heavy atom. The summed E-state index contributed by atoms with van der Waals surface area (Å²) in [6.45, 7) is 8.08. The summed E-state index contributed by atoms with van der Waals surface area (Å²) in [6.07, 6.45) is 5.77. The fraction of sp³-hybridized carbons (Fsp3) is 1.00. The molecule has 2 heteroatoms. The van der Waals surface area contributed by atoms with E-state index in [1.165, 1.54) is 25.7 Å². The van der Waals surface area contributed by atoms with Gasteiger partial charge in [0.05, 0.1) is 0 Å². The van der Waals surface area contributed by atoms with E-state index in [-0.39, 0.29) is 0 Å². The fourth-order valence-electron chi connectivity index (χ4n) is 2.65. The standard InChI is InChI=1S/C14H30N2/c1-11(2)14(16(4)5)10-15-12(3)9-13-7-6-8-13/h11-15H,6-10H2,1-5H3. The first-order chi connectivity index (χ1) is 7.50. The van der Waals surface area contributed by atoms with Crippen molar-refractivity contribution in [2.45, 2.75) is 58.5 Å². The predicted molar refractivity (Wildman–Crippen MR) is 71.7 cm³/mol. The van der Waals surface area contributed by atoms with Gasteiger partial charge in [-0.1, -0.05) is 33.1 Å². The number of hydrogen-bond donors (Lipinski definition) is 1. The van der Waals surface area contributed by atoms with Crippen LogP contribution in [0.2, 0.25) is 0 Å². The van der Waals surface area contributed by atoms with Gasteiger partial charge in [0.1, 0.15) is 0 Å². The third-order valence-electron chi connectivity index (χ3n) is 4.02. The van der Waals surface area contributed by atoms with Gasteiger partial charge in [0, 0.05) is 18.6 Å². The van der Waals surface area contributed by atoms with Crippen molar-refractivity contribution < 1.29 is 0 Å². The van der Waals surface area contributed by atoms with Crippen molar-refractivity contribution in [2.24, 2.45) is 11.8 Å². The molecule has 0 bridgehead atoms. The Hall–Kier alpha value is -0.0800. The molecule has 0 aromatic heterocycles. The van der Waals surface area contributed by atoms with E-state index in [1.54, 1.807) is 0 Å². The molecule has 0 aromatic carbocycles. The fourth-order valence-corrected chi connectivity index (χ4v) is 2.65. The summed E-state index contributed by atoms with van der Waals surface area (Å²) in [5, 5.41) is 3.70. The van der Waals surface area contributed by atoms with Gasteiger partial charge in [-0.15, -0.1) is 0 Å². The molecule has 1 aliphatic carbocycles. The first-order valence-corrected chi connectivity index (χ1v) is 6.90. The Morgan fingerprint density at radius 3 is 2.19 bits per heavy atom. The second-order valence-electron chi connectivity index (χ2n) is 6.12. The van der Waals surface area contributed by atoms with E-state index in [9.17, 15) is 0 Å². The van der Waals surface area contributed by atoms with Crippen LogP contribution in [0.15, 0.2) is 0 Å². The molecule has 0 amide bonds. The van der Waals surface area contributed by atoms with Crippen LogP contribution in [0.5, 0.6) is 0 Å². The van der Waals surface area contributed by atoms with Gasteiger partial charge in [0.15, 0.2) is 0 Å². The molecule has 1 rings (SSSR count). The molecule has 2 nitrogen and oxygen atoms in total. The molecule has 96 valence electrons. The average Bonchev–Trinajstić information content (AvgIpc) is 2.10. The Labute approximate surface area is 102 Å². The van der Waals surface area contributed by atoms with Gasteiger partial charge in [0.2, 0.25) is 0 Å². The lowest BCUT2D eigenvalue weighted by atomic mass is 9.81. The van der Waals surface area contributed by atoms with Crippen LogP contribution in [0.4, 0.5) is 0 Å². The Balaban J connectivity index is 2.19. The lowest BCUT2D eigenvalue weighted by molar-refractivity contribution is 0.207. The van der Waals surface area contributed by atoms with Crippen LogP contribution in [-0.4, -0.2) is 37.6 Å². The van der Waals surface area contributed by atoms with E-state index >= 15 is 0 Å².